The molecule has 0 aliphatic heterocycles. The summed E-state index contributed by atoms with van der Waals surface area (Å²) in [4.78, 5) is 3.90. The summed E-state index contributed by atoms with van der Waals surface area (Å²) < 4.78 is 5.86. The predicted molar refractivity (Wildman–Crippen MR) is 83.7 cm³/mol. The summed E-state index contributed by atoms with van der Waals surface area (Å²) in [5.41, 5.74) is 0. The van der Waals surface area contributed by atoms with Gasteiger partial charge in [0.1, 0.15) is 8.24 Å². The van der Waals surface area contributed by atoms with Crippen molar-refractivity contribution in [3.8, 4) is 0 Å². The molecule has 0 bridgehead atoms. The van der Waals surface area contributed by atoms with Crippen LogP contribution in [0.15, 0.2) is 0 Å². The quantitative estimate of drug-likeness (QED) is 0.476. The molecule has 0 saturated carbocycles. The zero-order chi connectivity index (χ0) is 13.4. The average Bonchev–Trinajstić information content (AvgIpc) is 2.30. The minimum Gasteiger partial charge on any atom is -0.418 e. The van der Waals surface area contributed by atoms with Gasteiger partial charge in [0.25, 0.3) is 0 Å². The highest BCUT2D eigenvalue weighted by atomic mass is 28.4. The van der Waals surface area contributed by atoms with Crippen molar-refractivity contribution in [3.05, 3.63) is 0 Å². The second kappa shape index (κ2) is 8.45. The first-order valence-electron chi connectivity index (χ1n) is 7.34. The monoisotopic (exact) mass is 275 g/mol. The van der Waals surface area contributed by atoms with E-state index < -0.39 is 16.6 Å². The minimum absolute atomic E-state index is 0.879. The Morgan fingerprint density at radius 1 is 0.941 bits per heavy atom. The molecule has 0 fully saturated rings. The van der Waals surface area contributed by atoms with Gasteiger partial charge in [0.05, 0.1) is 0 Å². The molecular formula is C13H33NOSi2. The zero-order valence-corrected chi connectivity index (χ0v) is 14.9. The van der Waals surface area contributed by atoms with Crippen molar-refractivity contribution in [2.75, 3.05) is 13.2 Å². The molecule has 0 aliphatic rings. The molecule has 0 aromatic heterocycles. The molecule has 2 nitrogen and oxygen atoms in total. The first kappa shape index (κ1) is 17.4. The zero-order valence-electron chi connectivity index (χ0n) is 12.9. The maximum absolute atomic E-state index is 5.86. The third kappa shape index (κ3) is 6.74. The van der Waals surface area contributed by atoms with Crippen LogP contribution in [-0.2, 0) is 4.43 Å². The van der Waals surface area contributed by atoms with Crippen LogP contribution in [0.1, 0.15) is 34.1 Å². The van der Waals surface area contributed by atoms with Crippen molar-refractivity contribution in [2.45, 2.75) is 71.4 Å². The molecule has 0 amide bonds. The number of rotatable bonds is 10. The standard InChI is InChI=1S/C13H33NOSi2/c1-7-15-16(5,6)13-11-12-14-17(8-2,9-3)10-4/h14H,7-13H2,1-6H3. The molecule has 104 valence electrons. The number of hydrogen-bond acceptors (Lipinski definition) is 2. The average molecular weight is 276 g/mol. The maximum Gasteiger partial charge on any atom is 0.186 e. The summed E-state index contributed by atoms with van der Waals surface area (Å²) in [6.07, 6.45) is 1.29. The summed E-state index contributed by atoms with van der Waals surface area (Å²) in [5.74, 6) is 0. The number of nitrogens with one attached hydrogen (secondary N) is 1. The van der Waals surface area contributed by atoms with Crippen molar-refractivity contribution in [3.63, 3.8) is 0 Å². The van der Waals surface area contributed by atoms with E-state index >= 15 is 0 Å². The third-order valence-electron chi connectivity index (χ3n) is 4.02. The van der Waals surface area contributed by atoms with E-state index in [-0.39, 0.29) is 0 Å². The highest BCUT2D eigenvalue weighted by Gasteiger charge is 2.26. The summed E-state index contributed by atoms with van der Waals surface area (Å²) in [6.45, 7) is 15.9. The molecule has 0 unspecified atom stereocenters. The van der Waals surface area contributed by atoms with E-state index in [0.717, 1.165) is 6.61 Å². The summed E-state index contributed by atoms with van der Waals surface area (Å²) in [7, 11) is -2.46. The Balaban J connectivity index is 3.90. The molecule has 0 aromatic rings. The summed E-state index contributed by atoms with van der Waals surface area (Å²) in [6, 6.07) is 5.39. The second-order valence-corrected chi connectivity index (χ2v) is 14.9. The number of hydrogen-bond donors (Lipinski definition) is 1. The molecule has 0 radical (unpaired) electrons. The van der Waals surface area contributed by atoms with Gasteiger partial charge in [0, 0.05) is 6.61 Å². The smallest absolute Gasteiger partial charge is 0.186 e. The van der Waals surface area contributed by atoms with Gasteiger partial charge in [-0.05, 0) is 57.2 Å². The Labute approximate surface area is 111 Å². The van der Waals surface area contributed by atoms with E-state index in [9.17, 15) is 0 Å². The van der Waals surface area contributed by atoms with Crippen LogP contribution in [0.4, 0.5) is 0 Å². The van der Waals surface area contributed by atoms with Crippen LogP contribution in [0.2, 0.25) is 37.3 Å². The van der Waals surface area contributed by atoms with Gasteiger partial charge in [-0.25, -0.2) is 0 Å². The fourth-order valence-electron chi connectivity index (χ4n) is 2.46. The first-order chi connectivity index (χ1) is 7.95. The topological polar surface area (TPSA) is 21.3 Å². The van der Waals surface area contributed by atoms with Crippen LogP contribution in [0.5, 0.6) is 0 Å². The van der Waals surface area contributed by atoms with Crippen LogP contribution >= 0.6 is 0 Å². The van der Waals surface area contributed by atoms with E-state index in [1.807, 2.05) is 0 Å². The lowest BCUT2D eigenvalue weighted by molar-refractivity contribution is 0.328. The van der Waals surface area contributed by atoms with Crippen molar-refractivity contribution in [1.82, 2.24) is 4.98 Å². The van der Waals surface area contributed by atoms with Gasteiger partial charge in [-0.1, -0.05) is 20.8 Å². The Morgan fingerprint density at radius 2 is 1.47 bits per heavy atom. The van der Waals surface area contributed by atoms with Crippen LogP contribution in [-0.4, -0.2) is 29.7 Å². The summed E-state index contributed by atoms with van der Waals surface area (Å²) >= 11 is 0. The van der Waals surface area contributed by atoms with Gasteiger partial charge in [0.15, 0.2) is 8.32 Å². The highest BCUT2D eigenvalue weighted by molar-refractivity contribution is 6.77. The first-order valence-corrected chi connectivity index (χ1v) is 13.1. The van der Waals surface area contributed by atoms with Gasteiger partial charge in [-0.2, -0.15) is 0 Å². The Hall–Kier alpha value is 0.354. The normalized spacial score (nSPS) is 13.1. The molecule has 0 aromatic carbocycles. The molecule has 1 N–H and O–H groups in total. The molecule has 0 heterocycles. The molecule has 0 aliphatic carbocycles. The van der Waals surface area contributed by atoms with E-state index in [2.05, 4.69) is 45.8 Å². The van der Waals surface area contributed by atoms with Crippen LogP contribution in [0.3, 0.4) is 0 Å². The maximum atomic E-state index is 5.86. The van der Waals surface area contributed by atoms with E-state index in [4.69, 9.17) is 4.43 Å². The predicted octanol–water partition coefficient (Wildman–Crippen LogP) is 4.21. The highest BCUT2D eigenvalue weighted by Crippen LogP contribution is 2.18. The molecule has 0 spiro atoms. The van der Waals surface area contributed by atoms with Crippen LogP contribution < -0.4 is 4.98 Å². The largest absolute Gasteiger partial charge is 0.418 e. The van der Waals surface area contributed by atoms with Gasteiger partial charge >= 0.3 is 0 Å². The van der Waals surface area contributed by atoms with Crippen molar-refractivity contribution < 1.29 is 4.43 Å². The molecule has 0 saturated heterocycles. The molecule has 17 heavy (non-hydrogen) atoms. The van der Waals surface area contributed by atoms with Gasteiger partial charge < -0.3 is 9.41 Å². The van der Waals surface area contributed by atoms with Crippen LogP contribution in [0, 0.1) is 0 Å². The van der Waals surface area contributed by atoms with E-state index in [1.165, 1.54) is 37.1 Å². The van der Waals surface area contributed by atoms with E-state index in [0.29, 0.717) is 0 Å². The van der Waals surface area contributed by atoms with Crippen molar-refractivity contribution in [2.24, 2.45) is 0 Å². The fourth-order valence-corrected chi connectivity index (χ4v) is 7.37. The van der Waals surface area contributed by atoms with E-state index in [1.54, 1.807) is 0 Å². The molecule has 0 atom stereocenters. The van der Waals surface area contributed by atoms with Crippen molar-refractivity contribution >= 4 is 16.6 Å². The second-order valence-electron chi connectivity index (χ2n) is 5.56. The lowest BCUT2D eigenvalue weighted by Crippen LogP contribution is -2.49. The SMILES string of the molecule is CCO[Si](C)(C)CCCN[Si](CC)(CC)CC. The van der Waals surface area contributed by atoms with Crippen LogP contribution in [0.25, 0.3) is 0 Å². The Kier molecular flexibility index (Phi) is 8.63. The minimum atomic E-state index is -1.35. The molecule has 4 heteroatoms. The van der Waals surface area contributed by atoms with Crippen molar-refractivity contribution in [1.29, 1.82) is 0 Å². The van der Waals surface area contributed by atoms with Gasteiger partial charge in [0.2, 0.25) is 0 Å². The Bertz CT molecular complexity index is 186. The Morgan fingerprint density at radius 3 is 1.88 bits per heavy atom. The third-order valence-corrected chi connectivity index (χ3v) is 11.7. The van der Waals surface area contributed by atoms with Gasteiger partial charge in [-0.15, -0.1) is 0 Å². The van der Waals surface area contributed by atoms with Gasteiger partial charge in [-0.3, -0.25) is 0 Å². The lowest BCUT2D eigenvalue weighted by atomic mass is 10.5. The molecular weight excluding hydrogens is 242 g/mol. The summed E-state index contributed by atoms with van der Waals surface area (Å²) in [5, 5.41) is 0. The molecule has 0 rings (SSSR count). The lowest BCUT2D eigenvalue weighted by Gasteiger charge is -2.30. The fraction of sp³-hybridized carbons (Fsp3) is 1.00.